The minimum Gasteiger partial charge on any atom is -0.242 e. The summed E-state index contributed by atoms with van der Waals surface area (Å²) in [6.45, 7) is 6.27. The lowest BCUT2D eigenvalue weighted by Gasteiger charge is -2.03. The highest BCUT2D eigenvalue weighted by atomic mass is 14.7. The Labute approximate surface area is 84.9 Å². The highest BCUT2D eigenvalue weighted by Gasteiger charge is 1.99. The second-order valence-corrected chi connectivity index (χ2v) is 3.58. The van der Waals surface area contributed by atoms with Crippen molar-refractivity contribution in [3.8, 4) is 6.07 Å². The molecule has 0 aliphatic rings. The van der Waals surface area contributed by atoms with Gasteiger partial charge in [-0.1, -0.05) is 17.2 Å². The molecule has 1 rings (SSSR count). The van der Waals surface area contributed by atoms with Gasteiger partial charge in [-0.25, -0.2) is 4.98 Å². The summed E-state index contributed by atoms with van der Waals surface area (Å²) in [6.07, 6.45) is 0.831. The van der Waals surface area contributed by atoms with Crippen LogP contribution in [0.15, 0.2) is 29.3 Å². The predicted molar refractivity (Wildman–Crippen MR) is 56.7 cm³/mol. The molecule has 1 aromatic rings. The highest BCUT2D eigenvalue weighted by Crippen LogP contribution is 2.09. The average Bonchev–Trinajstić information content (AvgIpc) is 2.18. The zero-order valence-electron chi connectivity index (χ0n) is 8.83. The van der Waals surface area contributed by atoms with Gasteiger partial charge >= 0.3 is 0 Å². The smallest absolute Gasteiger partial charge is 0.140 e. The molecule has 0 aromatic carbocycles. The number of allylic oxidation sites excluding steroid dienone is 2. The third-order valence-corrected chi connectivity index (χ3v) is 2.22. The van der Waals surface area contributed by atoms with Gasteiger partial charge in [-0.05, 0) is 32.9 Å². The minimum atomic E-state index is 0.490. The topological polar surface area (TPSA) is 36.7 Å². The summed E-state index contributed by atoms with van der Waals surface area (Å²) in [4.78, 5) is 4.22. The fraction of sp³-hybridized carbons (Fsp3) is 0.333. The van der Waals surface area contributed by atoms with Gasteiger partial charge in [0.1, 0.15) is 11.8 Å². The van der Waals surface area contributed by atoms with Crippen LogP contribution in [-0.4, -0.2) is 4.98 Å². The molecule has 0 fully saturated rings. The van der Waals surface area contributed by atoms with E-state index in [-0.39, 0.29) is 0 Å². The van der Waals surface area contributed by atoms with E-state index < -0.39 is 0 Å². The fourth-order valence-electron chi connectivity index (χ4n) is 1.09. The average molecular weight is 186 g/mol. The van der Waals surface area contributed by atoms with Crippen LogP contribution in [-0.2, 0) is 6.42 Å². The van der Waals surface area contributed by atoms with E-state index in [0.29, 0.717) is 5.69 Å². The van der Waals surface area contributed by atoms with Gasteiger partial charge in [0.25, 0.3) is 0 Å². The maximum Gasteiger partial charge on any atom is 0.140 e. The van der Waals surface area contributed by atoms with Gasteiger partial charge < -0.3 is 0 Å². The Bertz CT molecular complexity index is 393. The standard InChI is InChI=1S/C12H14N2/c1-9(2)10(3)7-11-5-4-6-12(8-13)14-11/h4-6H,7H2,1-3H3. The van der Waals surface area contributed by atoms with Crippen molar-refractivity contribution in [3.05, 3.63) is 40.7 Å². The van der Waals surface area contributed by atoms with Gasteiger partial charge in [0.2, 0.25) is 0 Å². The molecule has 0 radical (unpaired) electrons. The number of pyridine rings is 1. The van der Waals surface area contributed by atoms with Gasteiger partial charge in [-0.3, -0.25) is 0 Å². The van der Waals surface area contributed by atoms with E-state index in [0.717, 1.165) is 12.1 Å². The normalized spacial score (nSPS) is 9.29. The van der Waals surface area contributed by atoms with Crippen molar-refractivity contribution < 1.29 is 0 Å². The van der Waals surface area contributed by atoms with Crippen LogP contribution in [0.1, 0.15) is 32.2 Å². The number of nitrogens with zero attached hydrogens (tertiary/aromatic N) is 2. The maximum atomic E-state index is 8.68. The molecule has 0 N–H and O–H groups in total. The first-order valence-electron chi connectivity index (χ1n) is 4.62. The van der Waals surface area contributed by atoms with Crippen LogP contribution in [0.3, 0.4) is 0 Å². The van der Waals surface area contributed by atoms with Crippen molar-refractivity contribution in [2.75, 3.05) is 0 Å². The molecule has 1 heterocycles. The number of rotatable bonds is 2. The van der Waals surface area contributed by atoms with E-state index in [9.17, 15) is 0 Å². The number of aromatic nitrogens is 1. The zero-order valence-corrected chi connectivity index (χ0v) is 8.83. The maximum absolute atomic E-state index is 8.68. The largest absolute Gasteiger partial charge is 0.242 e. The summed E-state index contributed by atoms with van der Waals surface area (Å²) in [5, 5.41) is 8.68. The third-order valence-electron chi connectivity index (χ3n) is 2.22. The van der Waals surface area contributed by atoms with E-state index in [1.165, 1.54) is 11.1 Å². The van der Waals surface area contributed by atoms with E-state index in [1.807, 2.05) is 18.2 Å². The molecule has 0 aliphatic heterocycles. The molecule has 2 heteroatoms. The van der Waals surface area contributed by atoms with Gasteiger partial charge in [0.15, 0.2) is 0 Å². The molecule has 0 unspecified atom stereocenters. The van der Waals surface area contributed by atoms with Crippen molar-refractivity contribution in [3.63, 3.8) is 0 Å². The Morgan fingerprint density at radius 1 is 1.36 bits per heavy atom. The quantitative estimate of drug-likeness (QED) is 0.666. The molecule has 0 saturated heterocycles. The molecule has 2 nitrogen and oxygen atoms in total. The summed E-state index contributed by atoms with van der Waals surface area (Å²) in [5.41, 5.74) is 4.08. The Morgan fingerprint density at radius 2 is 2.07 bits per heavy atom. The van der Waals surface area contributed by atoms with Crippen LogP contribution in [0.4, 0.5) is 0 Å². The summed E-state index contributed by atoms with van der Waals surface area (Å²) in [5.74, 6) is 0. The molecule has 72 valence electrons. The Morgan fingerprint density at radius 3 is 2.64 bits per heavy atom. The van der Waals surface area contributed by atoms with Gasteiger partial charge in [-0.2, -0.15) is 5.26 Å². The minimum absolute atomic E-state index is 0.490. The van der Waals surface area contributed by atoms with Crippen molar-refractivity contribution in [1.82, 2.24) is 4.98 Å². The fourth-order valence-corrected chi connectivity index (χ4v) is 1.09. The summed E-state index contributed by atoms with van der Waals surface area (Å²) in [7, 11) is 0. The lowest BCUT2D eigenvalue weighted by Crippen LogP contribution is -1.94. The second kappa shape index (κ2) is 4.57. The predicted octanol–water partition coefficient (Wildman–Crippen LogP) is 2.85. The van der Waals surface area contributed by atoms with Crippen LogP contribution in [0.25, 0.3) is 0 Å². The van der Waals surface area contributed by atoms with Crippen LogP contribution in [0.5, 0.6) is 0 Å². The Kier molecular flexibility index (Phi) is 3.41. The van der Waals surface area contributed by atoms with Gasteiger partial charge in [0.05, 0.1) is 0 Å². The SMILES string of the molecule is CC(C)=C(C)Cc1cccc(C#N)n1. The molecule has 0 bridgehead atoms. The van der Waals surface area contributed by atoms with Crippen molar-refractivity contribution in [1.29, 1.82) is 5.26 Å². The zero-order chi connectivity index (χ0) is 10.6. The molecule has 0 amide bonds. The van der Waals surface area contributed by atoms with Crippen molar-refractivity contribution in [2.45, 2.75) is 27.2 Å². The first-order valence-corrected chi connectivity index (χ1v) is 4.62. The van der Waals surface area contributed by atoms with E-state index >= 15 is 0 Å². The molecule has 0 saturated carbocycles. The number of hydrogen-bond acceptors (Lipinski definition) is 2. The van der Waals surface area contributed by atoms with Crippen LogP contribution < -0.4 is 0 Å². The summed E-state index contributed by atoms with van der Waals surface area (Å²) in [6, 6.07) is 7.59. The van der Waals surface area contributed by atoms with Gasteiger partial charge in [-0.15, -0.1) is 0 Å². The Hall–Kier alpha value is -1.62. The van der Waals surface area contributed by atoms with E-state index in [2.05, 4.69) is 25.8 Å². The first kappa shape index (κ1) is 10.5. The van der Waals surface area contributed by atoms with Crippen LogP contribution in [0, 0.1) is 11.3 Å². The van der Waals surface area contributed by atoms with Crippen molar-refractivity contribution in [2.24, 2.45) is 0 Å². The summed E-state index contributed by atoms with van der Waals surface area (Å²) < 4.78 is 0. The summed E-state index contributed by atoms with van der Waals surface area (Å²) >= 11 is 0. The third kappa shape index (κ3) is 2.70. The molecular formula is C12H14N2. The first-order chi connectivity index (χ1) is 6.63. The van der Waals surface area contributed by atoms with Crippen LogP contribution >= 0.6 is 0 Å². The molecule has 14 heavy (non-hydrogen) atoms. The number of nitriles is 1. The Balaban J connectivity index is 2.89. The van der Waals surface area contributed by atoms with Crippen molar-refractivity contribution >= 4 is 0 Å². The molecule has 0 aliphatic carbocycles. The van der Waals surface area contributed by atoms with Crippen LogP contribution in [0.2, 0.25) is 0 Å². The second-order valence-electron chi connectivity index (χ2n) is 3.58. The number of hydrogen-bond donors (Lipinski definition) is 0. The van der Waals surface area contributed by atoms with E-state index in [1.54, 1.807) is 6.07 Å². The lowest BCUT2D eigenvalue weighted by atomic mass is 10.1. The lowest BCUT2D eigenvalue weighted by molar-refractivity contribution is 1.01. The molecular weight excluding hydrogens is 172 g/mol. The monoisotopic (exact) mass is 186 g/mol. The van der Waals surface area contributed by atoms with Gasteiger partial charge in [0, 0.05) is 12.1 Å². The molecule has 1 aromatic heterocycles. The molecule has 0 atom stereocenters. The molecule has 0 spiro atoms. The highest BCUT2D eigenvalue weighted by molar-refractivity contribution is 5.25. The van der Waals surface area contributed by atoms with E-state index in [4.69, 9.17) is 5.26 Å².